The Morgan fingerprint density at radius 1 is 1.31 bits per heavy atom. The number of rotatable bonds is 6. The van der Waals surface area contributed by atoms with Crippen molar-refractivity contribution in [2.75, 3.05) is 7.11 Å². The van der Waals surface area contributed by atoms with Gasteiger partial charge >= 0.3 is 0 Å². The molecule has 0 radical (unpaired) electrons. The third kappa shape index (κ3) is 4.86. The van der Waals surface area contributed by atoms with Crippen LogP contribution in [0.3, 0.4) is 0 Å². The molecule has 0 bridgehead atoms. The van der Waals surface area contributed by atoms with Gasteiger partial charge in [-0.1, -0.05) is 38.3 Å². The number of methoxy groups -OCH3 is 1. The summed E-state index contributed by atoms with van der Waals surface area (Å²) in [5, 5.41) is 0. The zero-order valence-corrected chi connectivity index (χ0v) is 10.9. The lowest BCUT2D eigenvalue weighted by Gasteiger charge is -2.12. The van der Waals surface area contributed by atoms with E-state index < -0.39 is 0 Å². The van der Waals surface area contributed by atoms with Crippen molar-refractivity contribution in [2.45, 2.75) is 38.6 Å². The molecule has 2 N–H and O–H groups in total. The third-order valence-electron chi connectivity index (χ3n) is 2.64. The van der Waals surface area contributed by atoms with Crippen LogP contribution in [0.2, 0.25) is 0 Å². The number of benzene rings is 1. The van der Waals surface area contributed by atoms with Crippen molar-refractivity contribution in [3.05, 3.63) is 29.8 Å². The monoisotopic (exact) mass is 243 g/mol. The Morgan fingerprint density at radius 2 is 2.06 bits per heavy atom. The SMILES string of the molecule is CCCCCC(N)c1cccc(OC)c1.Cl. The van der Waals surface area contributed by atoms with Gasteiger partial charge in [0.25, 0.3) is 0 Å². The zero-order chi connectivity index (χ0) is 11.1. The lowest BCUT2D eigenvalue weighted by molar-refractivity contribution is 0.413. The number of unbranched alkanes of at least 4 members (excludes halogenated alkanes) is 2. The van der Waals surface area contributed by atoms with Crippen LogP contribution in [-0.4, -0.2) is 7.11 Å². The van der Waals surface area contributed by atoms with E-state index in [1.165, 1.54) is 24.8 Å². The van der Waals surface area contributed by atoms with Crippen LogP contribution in [-0.2, 0) is 0 Å². The van der Waals surface area contributed by atoms with E-state index in [1.807, 2.05) is 18.2 Å². The molecule has 0 aromatic heterocycles. The molecule has 92 valence electrons. The highest BCUT2D eigenvalue weighted by Gasteiger charge is 2.05. The average Bonchev–Trinajstić information content (AvgIpc) is 2.29. The van der Waals surface area contributed by atoms with Gasteiger partial charge in [-0.05, 0) is 24.1 Å². The van der Waals surface area contributed by atoms with Gasteiger partial charge in [-0.3, -0.25) is 0 Å². The summed E-state index contributed by atoms with van der Waals surface area (Å²) >= 11 is 0. The lowest BCUT2D eigenvalue weighted by Crippen LogP contribution is -2.10. The van der Waals surface area contributed by atoms with Gasteiger partial charge in [-0.2, -0.15) is 0 Å². The number of halogens is 1. The summed E-state index contributed by atoms with van der Waals surface area (Å²) in [5.41, 5.74) is 7.28. The van der Waals surface area contributed by atoms with E-state index in [0.29, 0.717) is 0 Å². The highest BCUT2D eigenvalue weighted by Crippen LogP contribution is 2.21. The van der Waals surface area contributed by atoms with Gasteiger partial charge in [0.1, 0.15) is 5.75 Å². The van der Waals surface area contributed by atoms with Gasteiger partial charge in [0.15, 0.2) is 0 Å². The minimum absolute atomic E-state index is 0. The molecule has 0 fully saturated rings. The molecule has 0 aliphatic heterocycles. The minimum atomic E-state index is 0. The van der Waals surface area contributed by atoms with Gasteiger partial charge in [-0.25, -0.2) is 0 Å². The molecule has 1 aromatic rings. The molecule has 16 heavy (non-hydrogen) atoms. The second-order valence-corrected chi connectivity index (χ2v) is 3.88. The van der Waals surface area contributed by atoms with Gasteiger partial charge in [0, 0.05) is 6.04 Å². The molecule has 0 amide bonds. The molecule has 1 unspecified atom stereocenters. The van der Waals surface area contributed by atoms with E-state index in [1.54, 1.807) is 7.11 Å². The van der Waals surface area contributed by atoms with Gasteiger partial charge in [0.2, 0.25) is 0 Å². The highest BCUT2D eigenvalue weighted by atomic mass is 35.5. The molecule has 2 nitrogen and oxygen atoms in total. The van der Waals surface area contributed by atoms with Crippen molar-refractivity contribution in [3.63, 3.8) is 0 Å². The topological polar surface area (TPSA) is 35.2 Å². The summed E-state index contributed by atoms with van der Waals surface area (Å²) in [6.07, 6.45) is 4.76. The second kappa shape index (κ2) is 8.43. The van der Waals surface area contributed by atoms with E-state index in [4.69, 9.17) is 10.5 Å². The van der Waals surface area contributed by atoms with E-state index in [0.717, 1.165) is 12.2 Å². The van der Waals surface area contributed by atoms with E-state index in [-0.39, 0.29) is 18.4 Å². The summed E-state index contributed by atoms with van der Waals surface area (Å²) < 4.78 is 5.18. The first-order valence-electron chi connectivity index (χ1n) is 5.67. The average molecular weight is 244 g/mol. The van der Waals surface area contributed by atoms with Crippen molar-refractivity contribution in [1.29, 1.82) is 0 Å². The maximum atomic E-state index is 6.10. The summed E-state index contributed by atoms with van der Waals surface area (Å²) in [4.78, 5) is 0. The molecule has 0 spiro atoms. The number of nitrogens with two attached hydrogens (primary N) is 1. The molecule has 1 aromatic carbocycles. The predicted octanol–water partition coefficient (Wildman–Crippen LogP) is 3.70. The number of hydrogen-bond donors (Lipinski definition) is 1. The van der Waals surface area contributed by atoms with Gasteiger partial charge in [0.05, 0.1) is 7.11 Å². The summed E-state index contributed by atoms with van der Waals surface area (Å²) in [7, 11) is 1.68. The Labute approximate surface area is 105 Å². The van der Waals surface area contributed by atoms with Crippen molar-refractivity contribution in [2.24, 2.45) is 5.73 Å². The van der Waals surface area contributed by atoms with Crippen LogP contribution in [0.25, 0.3) is 0 Å². The van der Waals surface area contributed by atoms with Gasteiger partial charge in [-0.15, -0.1) is 12.4 Å². The third-order valence-corrected chi connectivity index (χ3v) is 2.64. The van der Waals surface area contributed by atoms with Crippen LogP contribution in [0.5, 0.6) is 5.75 Å². The Hall–Kier alpha value is -0.730. The largest absolute Gasteiger partial charge is 0.497 e. The first-order valence-corrected chi connectivity index (χ1v) is 5.67. The normalized spacial score (nSPS) is 11.7. The molecule has 0 aliphatic carbocycles. The number of hydrogen-bond acceptors (Lipinski definition) is 2. The molecule has 0 saturated heterocycles. The molecular formula is C13H22ClNO. The van der Waals surface area contributed by atoms with Crippen molar-refractivity contribution < 1.29 is 4.74 Å². The molecule has 1 atom stereocenters. The smallest absolute Gasteiger partial charge is 0.119 e. The van der Waals surface area contributed by atoms with E-state index >= 15 is 0 Å². The van der Waals surface area contributed by atoms with E-state index in [9.17, 15) is 0 Å². The van der Waals surface area contributed by atoms with Gasteiger partial charge < -0.3 is 10.5 Å². The first kappa shape index (κ1) is 15.3. The Kier molecular flexibility index (Phi) is 8.04. The van der Waals surface area contributed by atoms with Crippen LogP contribution < -0.4 is 10.5 Å². The van der Waals surface area contributed by atoms with Crippen molar-refractivity contribution >= 4 is 12.4 Å². The fraction of sp³-hybridized carbons (Fsp3) is 0.538. The Morgan fingerprint density at radius 3 is 2.69 bits per heavy atom. The van der Waals surface area contributed by atoms with Crippen LogP contribution in [0, 0.1) is 0 Å². The fourth-order valence-electron chi connectivity index (χ4n) is 1.65. The zero-order valence-electron chi connectivity index (χ0n) is 10.1. The Bertz CT molecular complexity index is 291. The second-order valence-electron chi connectivity index (χ2n) is 3.88. The highest BCUT2D eigenvalue weighted by molar-refractivity contribution is 5.85. The van der Waals surface area contributed by atoms with Crippen molar-refractivity contribution in [1.82, 2.24) is 0 Å². The van der Waals surface area contributed by atoms with Crippen LogP contribution >= 0.6 is 12.4 Å². The minimum Gasteiger partial charge on any atom is -0.497 e. The molecule has 1 rings (SSSR count). The molecule has 3 heteroatoms. The summed E-state index contributed by atoms with van der Waals surface area (Å²) in [6, 6.07) is 8.18. The first-order chi connectivity index (χ1) is 7.27. The standard InChI is InChI=1S/C13H21NO.ClH/c1-3-4-5-9-13(14)11-7-6-8-12(10-11)15-2;/h6-8,10,13H,3-5,9,14H2,1-2H3;1H. The maximum absolute atomic E-state index is 6.10. The molecule has 0 saturated carbocycles. The molecular weight excluding hydrogens is 222 g/mol. The molecule has 0 aliphatic rings. The van der Waals surface area contributed by atoms with Crippen molar-refractivity contribution in [3.8, 4) is 5.75 Å². The van der Waals surface area contributed by atoms with E-state index in [2.05, 4.69) is 13.0 Å². The Balaban J connectivity index is 0.00000225. The fourth-order valence-corrected chi connectivity index (χ4v) is 1.65. The predicted molar refractivity (Wildman–Crippen MR) is 71.3 cm³/mol. The van der Waals surface area contributed by atoms with Crippen LogP contribution in [0.1, 0.15) is 44.2 Å². The van der Waals surface area contributed by atoms with Crippen LogP contribution in [0.4, 0.5) is 0 Å². The summed E-state index contributed by atoms with van der Waals surface area (Å²) in [6.45, 7) is 2.21. The lowest BCUT2D eigenvalue weighted by atomic mass is 10.0. The quantitative estimate of drug-likeness (QED) is 0.774. The number of ether oxygens (including phenoxy) is 1. The molecule has 0 heterocycles. The maximum Gasteiger partial charge on any atom is 0.119 e. The summed E-state index contributed by atoms with van der Waals surface area (Å²) in [5.74, 6) is 0.887. The van der Waals surface area contributed by atoms with Crippen LogP contribution in [0.15, 0.2) is 24.3 Å².